The maximum Gasteiger partial charge on any atom is 0.223 e. The van der Waals surface area contributed by atoms with E-state index in [-0.39, 0.29) is 63.0 Å². The summed E-state index contributed by atoms with van der Waals surface area (Å²) >= 11 is 0. The molecule has 0 aliphatic heterocycles. The predicted octanol–water partition coefficient (Wildman–Crippen LogP) is 4.00. The van der Waals surface area contributed by atoms with Crippen LogP contribution in [0.25, 0.3) is 0 Å². The van der Waals surface area contributed by atoms with Crippen LogP contribution in [0, 0.1) is 50.7 Å². The van der Waals surface area contributed by atoms with Gasteiger partial charge in [-0.25, -0.2) is 0 Å². The fraction of sp³-hybridized carbons (Fsp3) is 0.935. The number of nitrogens with one attached hydrogen (secondary N) is 1. The summed E-state index contributed by atoms with van der Waals surface area (Å²) in [4.78, 5) is 29.6. The molecule has 37 heavy (non-hydrogen) atoms. The smallest absolute Gasteiger partial charge is 0.223 e. The Morgan fingerprint density at radius 2 is 1.78 bits per heavy atom. The number of hydrogen-bond acceptors (Lipinski definition) is 5. The molecule has 12 atom stereocenters. The van der Waals surface area contributed by atoms with E-state index in [1.807, 2.05) is 6.92 Å². The number of Topliss-reactive ketones (excluding diaryl/α,β-unsaturated/α-hetero) is 1. The minimum absolute atomic E-state index is 0.00441. The Bertz CT molecular complexity index is 969. The van der Waals surface area contributed by atoms with Crippen molar-refractivity contribution in [3.8, 4) is 0 Å². The van der Waals surface area contributed by atoms with E-state index in [1.54, 1.807) is 0 Å². The minimum Gasteiger partial charge on any atom is -0.393 e. The number of rotatable bonds is 6. The fourth-order valence-corrected chi connectivity index (χ4v) is 11.2. The molecule has 0 unspecified atom stereocenters. The summed E-state index contributed by atoms with van der Waals surface area (Å²) in [6.07, 6.45) is 6.85. The molecule has 4 N–H and O–H groups in total. The summed E-state index contributed by atoms with van der Waals surface area (Å²) in [7, 11) is 4.19. The summed E-state index contributed by atoms with van der Waals surface area (Å²) in [5.41, 5.74) is 5.86. The molecule has 0 aromatic rings. The number of carbonyl (C=O) groups is 2. The summed E-state index contributed by atoms with van der Waals surface area (Å²) in [5, 5.41) is 14.9. The van der Waals surface area contributed by atoms with Crippen LogP contribution in [-0.4, -0.2) is 60.5 Å². The largest absolute Gasteiger partial charge is 0.393 e. The molecule has 6 nitrogen and oxygen atoms in total. The van der Waals surface area contributed by atoms with Gasteiger partial charge in [-0.1, -0.05) is 34.6 Å². The van der Waals surface area contributed by atoms with Gasteiger partial charge in [0.05, 0.1) is 6.10 Å². The summed E-state index contributed by atoms with van der Waals surface area (Å²) < 4.78 is 0. The van der Waals surface area contributed by atoms with E-state index in [2.05, 4.69) is 58.9 Å². The van der Waals surface area contributed by atoms with Gasteiger partial charge in [0.25, 0.3) is 0 Å². The van der Waals surface area contributed by atoms with E-state index in [4.69, 9.17) is 5.73 Å². The zero-order valence-electron chi connectivity index (χ0n) is 24.7. The van der Waals surface area contributed by atoms with E-state index in [0.29, 0.717) is 30.6 Å². The van der Waals surface area contributed by atoms with E-state index < -0.39 is 0 Å². The second kappa shape index (κ2) is 8.51. The minimum atomic E-state index is -0.372. The van der Waals surface area contributed by atoms with Gasteiger partial charge >= 0.3 is 0 Å². The Morgan fingerprint density at radius 1 is 1.14 bits per heavy atom. The van der Waals surface area contributed by atoms with Crippen molar-refractivity contribution in [2.45, 2.75) is 111 Å². The standard InChI is InChI=1S/C31H53N3O3/c1-9-18(2)26(37)33-23-12-13-30-16-31(30)22(11-10-21(30)27(23,4)17-32)28(5)14-20(35)25(19(3)34(7)8)29(28,6)15-24(31)36/h18-23,25,35H,9-17,32H2,1-8H3,(H,33,37)/t18-,19-,20+,21-,22-,23-,25-,27-,28-,29+,30+,31-/m0/s1. The van der Waals surface area contributed by atoms with Crippen LogP contribution in [0.4, 0.5) is 0 Å². The number of hydrogen-bond donors (Lipinski definition) is 3. The zero-order valence-corrected chi connectivity index (χ0v) is 24.7. The van der Waals surface area contributed by atoms with Gasteiger partial charge in [-0.15, -0.1) is 0 Å². The van der Waals surface area contributed by atoms with Crippen LogP contribution in [0.1, 0.15) is 92.9 Å². The zero-order chi connectivity index (χ0) is 27.3. The number of aliphatic hydroxyl groups excluding tert-OH is 1. The molecular weight excluding hydrogens is 462 g/mol. The maximum atomic E-state index is 14.5. The van der Waals surface area contributed by atoms with Crippen molar-refractivity contribution in [3.63, 3.8) is 0 Å². The molecule has 5 fully saturated rings. The lowest BCUT2D eigenvalue weighted by atomic mass is 9.41. The normalized spacial score (nSPS) is 52.0. The van der Waals surface area contributed by atoms with Crippen molar-refractivity contribution >= 4 is 11.7 Å². The molecule has 0 bridgehead atoms. The Labute approximate surface area is 224 Å². The highest BCUT2D eigenvalue weighted by molar-refractivity contribution is 5.92. The van der Waals surface area contributed by atoms with Gasteiger partial charge in [-0.3, -0.25) is 9.59 Å². The molecule has 0 aromatic heterocycles. The maximum absolute atomic E-state index is 14.5. The second-order valence-corrected chi connectivity index (χ2v) is 15.0. The molecule has 5 aliphatic carbocycles. The van der Waals surface area contributed by atoms with Crippen molar-refractivity contribution in [2.75, 3.05) is 20.6 Å². The molecule has 2 spiro atoms. The lowest BCUT2D eigenvalue weighted by Gasteiger charge is -2.63. The number of nitrogens with zero attached hydrogens (tertiary/aromatic N) is 1. The van der Waals surface area contributed by atoms with E-state index in [0.717, 1.165) is 44.9 Å². The molecule has 0 radical (unpaired) electrons. The summed E-state index contributed by atoms with van der Waals surface area (Å²) in [6, 6.07) is 0.292. The van der Waals surface area contributed by atoms with Gasteiger partial charge < -0.3 is 21.1 Å². The quantitative estimate of drug-likeness (QED) is 0.497. The number of amides is 1. The topological polar surface area (TPSA) is 95.7 Å². The van der Waals surface area contributed by atoms with E-state index in [1.165, 1.54) is 0 Å². The number of fused-ring (bicyclic) bond motifs is 2. The van der Waals surface area contributed by atoms with Crippen molar-refractivity contribution < 1.29 is 14.7 Å². The average molecular weight is 516 g/mol. The molecule has 5 rings (SSSR count). The number of nitrogens with two attached hydrogens (primary N) is 1. The lowest BCUT2D eigenvalue weighted by molar-refractivity contribution is -0.170. The lowest BCUT2D eigenvalue weighted by Crippen LogP contribution is -2.64. The highest BCUT2D eigenvalue weighted by atomic mass is 16.3. The molecule has 5 saturated carbocycles. The monoisotopic (exact) mass is 515 g/mol. The Kier molecular flexibility index (Phi) is 6.34. The number of ketones is 1. The van der Waals surface area contributed by atoms with E-state index >= 15 is 0 Å². The number of aliphatic hydroxyl groups is 1. The van der Waals surface area contributed by atoms with Crippen LogP contribution >= 0.6 is 0 Å². The van der Waals surface area contributed by atoms with Gasteiger partial charge in [0.1, 0.15) is 5.78 Å². The Hall–Kier alpha value is -0.980. The first-order chi connectivity index (χ1) is 17.2. The first-order valence-electron chi connectivity index (χ1n) is 15.1. The summed E-state index contributed by atoms with van der Waals surface area (Å²) in [5.74, 6) is 1.39. The molecule has 0 heterocycles. The van der Waals surface area contributed by atoms with Crippen molar-refractivity contribution in [1.29, 1.82) is 0 Å². The third-order valence-corrected chi connectivity index (χ3v) is 13.9. The van der Waals surface area contributed by atoms with Gasteiger partial charge in [-0.05, 0) is 101 Å². The second-order valence-electron chi connectivity index (χ2n) is 15.0. The van der Waals surface area contributed by atoms with Crippen LogP contribution in [0.5, 0.6) is 0 Å². The van der Waals surface area contributed by atoms with Gasteiger partial charge in [0.15, 0.2) is 0 Å². The Morgan fingerprint density at radius 3 is 2.38 bits per heavy atom. The SMILES string of the molecule is CC[C@H](C)C(=O)N[C@H]1CC[C@]23C[C@]24C(=O)C[C@]2(C)[C@@H]([C@H](C)N(C)C)[C@H](O)C[C@@]2(C)[C@@H]4CC[C@H]3[C@]1(C)CN. The third kappa shape index (κ3) is 3.21. The fourth-order valence-electron chi connectivity index (χ4n) is 11.2. The molecule has 6 heteroatoms. The molecule has 5 aliphatic rings. The predicted molar refractivity (Wildman–Crippen MR) is 147 cm³/mol. The highest BCUT2D eigenvalue weighted by Gasteiger charge is 2.86. The molecule has 0 saturated heterocycles. The first-order valence-corrected chi connectivity index (χ1v) is 15.1. The first kappa shape index (κ1) is 27.6. The van der Waals surface area contributed by atoms with Crippen molar-refractivity contribution in [3.05, 3.63) is 0 Å². The van der Waals surface area contributed by atoms with Crippen LogP contribution < -0.4 is 11.1 Å². The molecular formula is C31H53N3O3. The van der Waals surface area contributed by atoms with Crippen LogP contribution in [0.3, 0.4) is 0 Å². The van der Waals surface area contributed by atoms with Crippen molar-refractivity contribution in [2.24, 2.45) is 56.5 Å². The summed E-state index contributed by atoms with van der Waals surface area (Å²) in [6.45, 7) is 13.9. The molecule has 210 valence electrons. The van der Waals surface area contributed by atoms with Gasteiger partial charge in [-0.2, -0.15) is 0 Å². The van der Waals surface area contributed by atoms with Crippen LogP contribution in [-0.2, 0) is 9.59 Å². The molecule has 1 amide bonds. The van der Waals surface area contributed by atoms with E-state index in [9.17, 15) is 14.7 Å². The van der Waals surface area contributed by atoms with Gasteiger partial charge in [0.2, 0.25) is 5.91 Å². The average Bonchev–Trinajstić information content (AvgIpc) is 3.48. The number of carbonyl (C=O) groups excluding carboxylic acids is 2. The molecule has 0 aromatic carbocycles. The van der Waals surface area contributed by atoms with Gasteiger partial charge in [0, 0.05) is 41.2 Å². The van der Waals surface area contributed by atoms with Crippen LogP contribution in [0.2, 0.25) is 0 Å². The highest BCUT2D eigenvalue weighted by Crippen LogP contribution is 2.87. The third-order valence-electron chi connectivity index (χ3n) is 13.9. The Balaban J connectivity index is 1.49. The van der Waals surface area contributed by atoms with Crippen molar-refractivity contribution in [1.82, 2.24) is 10.2 Å². The van der Waals surface area contributed by atoms with Crippen LogP contribution in [0.15, 0.2) is 0 Å².